The highest BCUT2D eigenvalue weighted by Crippen LogP contribution is 2.26. The summed E-state index contributed by atoms with van der Waals surface area (Å²) < 4.78 is 0.293. The lowest BCUT2D eigenvalue weighted by molar-refractivity contribution is -0.385. The van der Waals surface area contributed by atoms with E-state index in [-0.39, 0.29) is 16.8 Å². The molecular weight excluding hydrogens is 428 g/mol. The fourth-order valence-corrected chi connectivity index (χ4v) is 2.96. The predicted octanol–water partition coefficient (Wildman–Crippen LogP) is 3.92. The normalized spacial score (nSPS) is 10.5. The van der Waals surface area contributed by atoms with Crippen LogP contribution in [0.5, 0.6) is 0 Å². The van der Waals surface area contributed by atoms with Crippen LogP contribution in [0.1, 0.15) is 23.0 Å². The quantitative estimate of drug-likeness (QED) is 0.458. The summed E-state index contributed by atoms with van der Waals surface area (Å²) in [5.41, 5.74) is 1.47. The zero-order valence-corrected chi connectivity index (χ0v) is 16.3. The van der Waals surface area contributed by atoms with Crippen molar-refractivity contribution in [1.29, 1.82) is 0 Å². The summed E-state index contributed by atoms with van der Waals surface area (Å²) in [6, 6.07) is 12.4. The number of nitro groups is 1. The molecule has 142 valence electrons. The van der Waals surface area contributed by atoms with Crippen molar-refractivity contribution in [2.45, 2.75) is 13.3 Å². The van der Waals surface area contributed by atoms with E-state index in [1.54, 1.807) is 24.3 Å². The zero-order chi connectivity index (χ0) is 20.3. The van der Waals surface area contributed by atoms with Crippen molar-refractivity contribution in [3.05, 3.63) is 84.7 Å². The third-order valence-corrected chi connectivity index (χ3v) is 4.63. The van der Waals surface area contributed by atoms with Crippen molar-refractivity contribution >= 4 is 33.2 Å². The molecule has 0 saturated heterocycles. The van der Waals surface area contributed by atoms with Gasteiger partial charge in [0.15, 0.2) is 0 Å². The minimum Gasteiger partial charge on any atom is -0.322 e. The summed E-state index contributed by atoms with van der Waals surface area (Å²) in [4.78, 5) is 41.8. The van der Waals surface area contributed by atoms with Crippen LogP contribution in [0.15, 0.2) is 57.8 Å². The molecule has 1 heterocycles. The number of nitro benzene ring substituents is 1. The number of rotatable bonds is 5. The van der Waals surface area contributed by atoms with Crippen LogP contribution in [0.4, 0.5) is 11.4 Å². The van der Waals surface area contributed by atoms with E-state index in [2.05, 4.69) is 31.2 Å². The number of carbonyl (C=O) groups is 1. The Balaban J connectivity index is 1.88. The molecule has 0 spiro atoms. The smallest absolute Gasteiger partial charge is 0.284 e. The second-order valence-corrected chi connectivity index (χ2v) is 6.75. The number of nitrogens with one attached hydrogen (secondary N) is 2. The first-order valence-corrected chi connectivity index (χ1v) is 9.12. The first kappa shape index (κ1) is 19.4. The molecule has 1 aromatic heterocycles. The number of benzene rings is 2. The van der Waals surface area contributed by atoms with Gasteiger partial charge < -0.3 is 10.3 Å². The molecule has 28 heavy (non-hydrogen) atoms. The molecule has 0 aliphatic rings. The SMILES string of the molecule is CCc1cc(=O)[nH]c(-c2cccc(NC(=O)c3ccc(Br)c([N+](=O)[O-])c3)c2)n1. The number of H-pyrrole nitrogens is 1. The summed E-state index contributed by atoms with van der Waals surface area (Å²) in [5.74, 6) is -0.0868. The van der Waals surface area contributed by atoms with Gasteiger partial charge in [-0.3, -0.25) is 19.7 Å². The number of aromatic amines is 1. The maximum absolute atomic E-state index is 12.5. The molecule has 2 aromatic carbocycles. The van der Waals surface area contributed by atoms with Crippen LogP contribution in [0.2, 0.25) is 0 Å². The van der Waals surface area contributed by atoms with E-state index < -0.39 is 10.8 Å². The lowest BCUT2D eigenvalue weighted by atomic mass is 10.1. The van der Waals surface area contributed by atoms with Gasteiger partial charge in [-0.25, -0.2) is 4.98 Å². The molecule has 0 bridgehead atoms. The Morgan fingerprint density at radius 3 is 2.75 bits per heavy atom. The Morgan fingerprint density at radius 1 is 1.25 bits per heavy atom. The van der Waals surface area contributed by atoms with Gasteiger partial charge in [0.2, 0.25) is 0 Å². The molecule has 0 radical (unpaired) electrons. The van der Waals surface area contributed by atoms with Crippen molar-refractivity contribution in [2.75, 3.05) is 5.32 Å². The van der Waals surface area contributed by atoms with Crippen LogP contribution < -0.4 is 10.9 Å². The number of carbonyl (C=O) groups excluding carboxylic acids is 1. The van der Waals surface area contributed by atoms with Gasteiger partial charge in [-0.2, -0.15) is 0 Å². The maximum Gasteiger partial charge on any atom is 0.284 e. The summed E-state index contributed by atoms with van der Waals surface area (Å²) >= 11 is 3.09. The lowest BCUT2D eigenvalue weighted by Gasteiger charge is -2.08. The van der Waals surface area contributed by atoms with E-state index in [0.717, 1.165) is 0 Å². The zero-order valence-electron chi connectivity index (χ0n) is 14.7. The van der Waals surface area contributed by atoms with Crippen molar-refractivity contribution in [2.24, 2.45) is 0 Å². The van der Waals surface area contributed by atoms with Gasteiger partial charge in [0.1, 0.15) is 5.82 Å². The highest BCUT2D eigenvalue weighted by Gasteiger charge is 2.16. The minimum absolute atomic E-state index is 0.153. The Morgan fingerprint density at radius 2 is 2.04 bits per heavy atom. The Hall–Kier alpha value is -3.33. The van der Waals surface area contributed by atoms with E-state index in [1.165, 1.54) is 24.3 Å². The van der Waals surface area contributed by atoms with Crippen molar-refractivity contribution in [3.63, 3.8) is 0 Å². The number of hydrogen-bond donors (Lipinski definition) is 2. The van der Waals surface area contributed by atoms with E-state index in [9.17, 15) is 19.7 Å². The van der Waals surface area contributed by atoms with E-state index >= 15 is 0 Å². The highest BCUT2D eigenvalue weighted by atomic mass is 79.9. The van der Waals surface area contributed by atoms with Gasteiger partial charge in [0.25, 0.3) is 17.2 Å². The van der Waals surface area contributed by atoms with E-state index in [1.807, 2.05) is 6.92 Å². The number of nitrogens with zero attached hydrogens (tertiary/aromatic N) is 2. The van der Waals surface area contributed by atoms with Crippen molar-refractivity contribution in [1.82, 2.24) is 9.97 Å². The molecular formula is C19H15BrN4O4. The van der Waals surface area contributed by atoms with Crippen molar-refractivity contribution < 1.29 is 9.72 Å². The largest absolute Gasteiger partial charge is 0.322 e. The fourth-order valence-electron chi connectivity index (χ4n) is 2.57. The third-order valence-electron chi connectivity index (χ3n) is 3.96. The van der Waals surface area contributed by atoms with Gasteiger partial charge in [-0.15, -0.1) is 0 Å². The van der Waals surface area contributed by atoms with Crippen LogP contribution >= 0.6 is 15.9 Å². The molecule has 0 atom stereocenters. The molecule has 9 heteroatoms. The van der Waals surface area contributed by atoms with Gasteiger partial charge in [-0.05, 0) is 46.6 Å². The molecule has 8 nitrogen and oxygen atoms in total. The monoisotopic (exact) mass is 442 g/mol. The standard InChI is InChI=1S/C19H15BrN4O4/c1-2-13-10-17(25)23-18(21-13)11-4-3-5-14(8-11)22-19(26)12-6-7-15(20)16(9-12)24(27)28/h3-10H,2H2,1H3,(H,22,26)(H,21,23,25). The van der Waals surface area contributed by atoms with Crippen LogP contribution in [0.25, 0.3) is 11.4 Å². The first-order chi connectivity index (χ1) is 13.4. The minimum atomic E-state index is -0.565. The number of hydrogen-bond acceptors (Lipinski definition) is 5. The van der Waals surface area contributed by atoms with Crippen molar-refractivity contribution in [3.8, 4) is 11.4 Å². The molecule has 3 aromatic rings. The number of aromatic nitrogens is 2. The Labute approximate surface area is 167 Å². The maximum atomic E-state index is 12.5. The number of aryl methyl sites for hydroxylation is 1. The van der Waals surface area contributed by atoms with Crippen LogP contribution in [-0.2, 0) is 6.42 Å². The van der Waals surface area contributed by atoms with E-state index in [4.69, 9.17) is 0 Å². The third kappa shape index (κ3) is 4.32. The molecule has 0 fully saturated rings. The van der Waals surface area contributed by atoms with Crippen LogP contribution in [0, 0.1) is 10.1 Å². The van der Waals surface area contributed by atoms with E-state index in [0.29, 0.717) is 33.7 Å². The second-order valence-electron chi connectivity index (χ2n) is 5.90. The summed E-state index contributed by atoms with van der Waals surface area (Å²) in [5, 5.41) is 13.7. The Bertz CT molecular complexity index is 1130. The average molecular weight is 443 g/mol. The number of anilines is 1. The lowest BCUT2D eigenvalue weighted by Crippen LogP contribution is -2.13. The van der Waals surface area contributed by atoms with Gasteiger partial charge in [0, 0.05) is 34.6 Å². The van der Waals surface area contributed by atoms with Gasteiger partial charge in [-0.1, -0.05) is 19.1 Å². The number of halogens is 1. The van der Waals surface area contributed by atoms with Crippen LogP contribution in [-0.4, -0.2) is 20.8 Å². The summed E-state index contributed by atoms with van der Waals surface area (Å²) in [6.07, 6.45) is 0.621. The molecule has 0 unspecified atom stereocenters. The molecule has 2 N–H and O–H groups in total. The predicted molar refractivity (Wildman–Crippen MR) is 108 cm³/mol. The molecule has 0 aliphatic heterocycles. The summed E-state index contributed by atoms with van der Waals surface area (Å²) in [6.45, 7) is 1.90. The topological polar surface area (TPSA) is 118 Å². The fraction of sp³-hybridized carbons (Fsp3) is 0.105. The molecule has 0 saturated carbocycles. The Kier molecular flexibility index (Phi) is 5.65. The second kappa shape index (κ2) is 8.13. The summed E-state index contributed by atoms with van der Waals surface area (Å²) in [7, 11) is 0. The molecule has 0 aliphatic carbocycles. The van der Waals surface area contributed by atoms with Gasteiger partial charge >= 0.3 is 0 Å². The van der Waals surface area contributed by atoms with Gasteiger partial charge in [0.05, 0.1) is 9.40 Å². The number of amides is 1. The highest BCUT2D eigenvalue weighted by molar-refractivity contribution is 9.10. The average Bonchev–Trinajstić information content (AvgIpc) is 2.67. The first-order valence-electron chi connectivity index (χ1n) is 8.33. The molecule has 3 rings (SSSR count). The molecule has 1 amide bonds. The van der Waals surface area contributed by atoms with Crippen LogP contribution in [0.3, 0.4) is 0 Å².